The molecule has 0 aromatic carbocycles. The number of carbonyl (C=O) groups excluding carboxylic acids is 1. The van der Waals surface area contributed by atoms with Crippen LogP contribution in [0.5, 0.6) is 0 Å². The topological polar surface area (TPSA) is 125 Å². The highest BCUT2D eigenvalue weighted by molar-refractivity contribution is 5.93. The summed E-state index contributed by atoms with van der Waals surface area (Å²) in [6, 6.07) is 0. The number of carbonyl (C=O) groups is 1. The van der Waals surface area contributed by atoms with Gasteiger partial charge >= 0.3 is 5.97 Å². The minimum Gasteiger partial charge on any atom is -0.458 e. The third-order valence-corrected chi connectivity index (χ3v) is 9.87. The Bertz CT molecular complexity index is 941. The Hall–Kier alpha value is -1.03. The lowest BCUT2D eigenvalue weighted by Crippen LogP contribution is -2.80. The van der Waals surface area contributed by atoms with Crippen molar-refractivity contribution in [2.75, 3.05) is 6.61 Å². The molecule has 0 bridgehead atoms. The van der Waals surface area contributed by atoms with E-state index in [4.69, 9.17) is 18.9 Å². The molecule has 2 spiro atoms. The zero-order valence-electron chi connectivity index (χ0n) is 16.9. The van der Waals surface area contributed by atoms with E-state index < -0.39 is 51.6 Å². The fourth-order valence-corrected chi connectivity index (χ4v) is 8.36. The number of cyclic esters (lactones) is 1. The van der Waals surface area contributed by atoms with Gasteiger partial charge in [0.1, 0.15) is 41.2 Å². The van der Waals surface area contributed by atoms with Gasteiger partial charge in [-0.05, 0) is 12.8 Å². The van der Waals surface area contributed by atoms with Crippen LogP contribution in [0, 0.1) is 11.3 Å². The van der Waals surface area contributed by atoms with Gasteiger partial charge in [-0.15, -0.1) is 0 Å². The highest BCUT2D eigenvalue weighted by atomic mass is 16.8. The molecule has 158 valence electrons. The molecule has 0 aromatic rings. The van der Waals surface area contributed by atoms with E-state index in [0.29, 0.717) is 11.1 Å². The van der Waals surface area contributed by atoms with Crippen LogP contribution in [-0.4, -0.2) is 80.3 Å². The summed E-state index contributed by atoms with van der Waals surface area (Å²) in [5.41, 5.74) is -6.08. The van der Waals surface area contributed by atoms with Crippen LogP contribution >= 0.6 is 0 Å². The molecule has 3 saturated heterocycles. The molecule has 10 atom stereocenters. The molecule has 3 N–H and O–H groups in total. The van der Waals surface area contributed by atoms with Crippen LogP contribution in [0.1, 0.15) is 40.5 Å². The standard InChI is InChI=1S/C21H26O8/c1-8(2)19-13(28-19)14-21(29-14)16(3)11(22)5-9-10(7-26-15(9)23)18(16,25)6-12-20(21,27-12)17(19,4)24/h8,11-14,22,24-25H,5-7H2,1-4H3/t11-,12-,13-,14-,16-,17+,18+,19-,20+,21+/m0/s1. The predicted octanol–water partition coefficient (Wildman–Crippen LogP) is -0.421. The predicted molar refractivity (Wildman–Crippen MR) is 94.6 cm³/mol. The molecular weight excluding hydrogens is 380 g/mol. The second kappa shape index (κ2) is 4.18. The van der Waals surface area contributed by atoms with Crippen LogP contribution in [0.15, 0.2) is 11.1 Å². The van der Waals surface area contributed by atoms with E-state index in [9.17, 15) is 20.1 Å². The minimum absolute atomic E-state index is 0.0136. The second-order valence-corrected chi connectivity index (χ2v) is 10.7. The summed E-state index contributed by atoms with van der Waals surface area (Å²) in [5.74, 6) is -0.433. The largest absolute Gasteiger partial charge is 0.458 e. The molecular formula is C21H26O8. The molecule has 7 rings (SSSR count). The molecule has 29 heavy (non-hydrogen) atoms. The zero-order valence-corrected chi connectivity index (χ0v) is 16.9. The number of hydrogen-bond acceptors (Lipinski definition) is 8. The number of aliphatic hydroxyl groups excluding tert-OH is 1. The average molecular weight is 406 g/mol. The van der Waals surface area contributed by atoms with Gasteiger partial charge in [-0.1, -0.05) is 20.8 Å². The van der Waals surface area contributed by atoms with Crippen LogP contribution in [-0.2, 0) is 23.7 Å². The van der Waals surface area contributed by atoms with Crippen LogP contribution in [0.4, 0.5) is 0 Å². The van der Waals surface area contributed by atoms with Crippen LogP contribution < -0.4 is 0 Å². The van der Waals surface area contributed by atoms with Crippen molar-refractivity contribution in [2.24, 2.45) is 11.3 Å². The molecule has 7 aliphatic rings. The summed E-state index contributed by atoms with van der Waals surface area (Å²) in [6.07, 6.45) is -1.96. The highest BCUT2D eigenvalue weighted by Gasteiger charge is 3.05. The maximum atomic E-state index is 12.2. The SMILES string of the molecule is CC(C)[C@]12O[C@H]1[C@@H]1O[C@@]13[C@@]1(C)[C@@H](O)CC4=C(COC4=O)[C@]1(O)C[C@@H]1O[C@@]13[C@]2(C)O. The normalized spacial score (nSPS) is 65.6. The van der Waals surface area contributed by atoms with Gasteiger partial charge in [0.25, 0.3) is 0 Å². The molecule has 8 nitrogen and oxygen atoms in total. The molecule has 0 amide bonds. The van der Waals surface area contributed by atoms with Gasteiger partial charge in [0.2, 0.25) is 0 Å². The molecule has 4 heterocycles. The van der Waals surface area contributed by atoms with Gasteiger partial charge in [0, 0.05) is 24.0 Å². The van der Waals surface area contributed by atoms with Crippen molar-refractivity contribution in [3.63, 3.8) is 0 Å². The highest BCUT2D eigenvalue weighted by Crippen LogP contribution is 2.85. The van der Waals surface area contributed by atoms with Crippen molar-refractivity contribution in [1.82, 2.24) is 0 Å². The van der Waals surface area contributed by atoms with E-state index in [0.717, 1.165) is 0 Å². The molecule has 4 aliphatic heterocycles. The van der Waals surface area contributed by atoms with Crippen molar-refractivity contribution in [1.29, 1.82) is 0 Å². The number of rotatable bonds is 1. The monoisotopic (exact) mass is 406 g/mol. The Kier molecular flexibility index (Phi) is 2.54. The lowest BCUT2D eigenvalue weighted by atomic mass is 9.42. The van der Waals surface area contributed by atoms with E-state index in [2.05, 4.69) is 0 Å². The first kappa shape index (κ1) is 17.6. The van der Waals surface area contributed by atoms with Crippen molar-refractivity contribution in [2.45, 2.75) is 93.0 Å². The summed E-state index contributed by atoms with van der Waals surface area (Å²) in [5, 5.41) is 35.3. The molecule has 3 aliphatic carbocycles. The van der Waals surface area contributed by atoms with Crippen LogP contribution in [0.2, 0.25) is 0 Å². The maximum absolute atomic E-state index is 12.2. The van der Waals surface area contributed by atoms with Gasteiger partial charge in [-0.3, -0.25) is 0 Å². The van der Waals surface area contributed by atoms with E-state index in [-0.39, 0.29) is 37.6 Å². The van der Waals surface area contributed by atoms with E-state index in [1.807, 2.05) is 20.8 Å². The van der Waals surface area contributed by atoms with E-state index >= 15 is 0 Å². The molecule has 5 fully saturated rings. The summed E-state index contributed by atoms with van der Waals surface area (Å²) in [6.45, 7) is 7.62. The molecule has 2 saturated carbocycles. The third kappa shape index (κ3) is 1.27. The van der Waals surface area contributed by atoms with E-state index in [1.165, 1.54) is 0 Å². The lowest BCUT2D eigenvalue weighted by molar-refractivity contribution is -0.221. The Morgan fingerprint density at radius 1 is 1.07 bits per heavy atom. The Morgan fingerprint density at radius 3 is 2.48 bits per heavy atom. The van der Waals surface area contributed by atoms with Crippen molar-refractivity contribution >= 4 is 5.97 Å². The van der Waals surface area contributed by atoms with E-state index in [1.54, 1.807) is 6.92 Å². The Balaban J connectivity index is 1.47. The minimum atomic E-state index is -1.52. The summed E-state index contributed by atoms with van der Waals surface area (Å²) in [4.78, 5) is 12.2. The number of ether oxygens (including phenoxy) is 4. The number of fused-ring (bicyclic) bond motifs is 4. The van der Waals surface area contributed by atoms with Crippen molar-refractivity contribution in [3.05, 3.63) is 11.1 Å². The average Bonchev–Trinajstić information content (AvgIpc) is 3.52. The molecule has 0 aromatic heterocycles. The van der Waals surface area contributed by atoms with Crippen LogP contribution in [0.25, 0.3) is 0 Å². The summed E-state index contributed by atoms with van der Waals surface area (Å²) >= 11 is 0. The zero-order chi connectivity index (χ0) is 20.6. The number of epoxide rings is 3. The molecule has 0 unspecified atom stereocenters. The first-order valence-electron chi connectivity index (χ1n) is 10.5. The van der Waals surface area contributed by atoms with Gasteiger partial charge in [0.05, 0.1) is 17.6 Å². The number of hydrogen-bond donors (Lipinski definition) is 3. The second-order valence-electron chi connectivity index (χ2n) is 10.7. The fourth-order valence-electron chi connectivity index (χ4n) is 8.36. The first-order valence-corrected chi connectivity index (χ1v) is 10.5. The van der Waals surface area contributed by atoms with Gasteiger partial charge in [-0.2, -0.15) is 0 Å². The molecule has 0 radical (unpaired) electrons. The Labute approximate surface area is 167 Å². The summed E-state index contributed by atoms with van der Waals surface area (Å²) < 4.78 is 24.0. The molecule has 8 heteroatoms. The van der Waals surface area contributed by atoms with Gasteiger partial charge < -0.3 is 34.3 Å². The lowest BCUT2D eigenvalue weighted by Gasteiger charge is -2.60. The van der Waals surface area contributed by atoms with Gasteiger partial charge in [-0.25, -0.2) is 4.79 Å². The first-order chi connectivity index (χ1) is 13.5. The summed E-state index contributed by atoms with van der Waals surface area (Å²) in [7, 11) is 0. The smallest absolute Gasteiger partial charge is 0.334 e. The van der Waals surface area contributed by atoms with Crippen molar-refractivity contribution in [3.8, 4) is 0 Å². The van der Waals surface area contributed by atoms with Crippen LogP contribution in [0.3, 0.4) is 0 Å². The van der Waals surface area contributed by atoms with Crippen molar-refractivity contribution < 1.29 is 39.1 Å². The Morgan fingerprint density at radius 2 is 1.79 bits per heavy atom. The van der Waals surface area contributed by atoms with Gasteiger partial charge in [0.15, 0.2) is 5.60 Å². The maximum Gasteiger partial charge on any atom is 0.334 e. The number of esters is 1. The number of aliphatic hydroxyl groups is 3. The quantitative estimate of drug-likeness (QED) is 0.396. The fraction of sp³-hybridized carbons (Fsp3) is 0.857. The third-order valence-electron chi connectivity index (χ3n) is 9.87.